The Morgan fingerprint density at radius 3 is 2.62 bits per heavy atom. The fraction of sp³-hybridized carbons (Fsp3) is 0.444. The summed E-state index contributed by atoms with van der Waals surface area (Å²) in [6.45, 7) is 6.52. The summed E-state index contributed by atoms with van der Waals surface area (Å²) in [6, 6.07) is 12.7. The van der Waals surface area contributed by atoms with Gasteiger partial charge in [0.2, 0.25) is 0 Å². The van der Waals surface area contributed by atoms with Crippen molar-refractivity contribution >= 4 is 11.6 Å². The number of nitrogens with zero attached hydrogens (tertiary/aromatic N) is 4. The summed E-state index contributed by atoms with van der Waals surface area (Å²) in [7, 11) is 4.05. The van der Waals surface area contributed by atoms with Gasteiger partial charge in [0.05, 0.1) is 12.2 Å². The van der Waals surface area contributed by atoms with E-state index in [2.05, 4.69) is 70.8 Å². The van der Waals surface area contributed by atoms with Crippen LogP contribution in [0.3, 0.4) is 0 Å². The van der Waals surface area contributed by atoms with E-state index in [4.69, 9.17) is 0 Å². The molecule has 130 valence electrons. The highest BCUT2D eigenvalue weighted by molar-refractivity contribution is 5.79. The third kappa shape index (κ3) is 5.01. The zero-order valence-electron chi connectivity index (χ0n) is 15.0. The first-order chi connectivity index (χ1) is 11.6. The molecule has 24 heavy (non-hydrogen) atoms. The minimum absolute atomic E-state index is 0.341. The smallest absolute Gasteiger partial charge is 0.191 e. The first-order valence-electron chi connectivity index (χ1n) is 8.38. The molecule has 0 saturated heterocycles. The lowest BCUT2D eigenvalue weighted by Crippen LogP contribution is -2.45. The van der Waals surface area contributed by atoms with Crippen molar-refractivity contribution in [2.24, 2.45) is 12.0 Å². The zero-order valence-corrected chi connectivity index (χ0v) is 15.0. The number of nitrogens with one attached hydrogen (secondary N) is 2. The van der Waals surface area contributed by atoms with Gasteiger partial charge in [0.15, 0.2) is 5.96 Å². The average molecular weight is 328 g/mol. The summed E-state index contributed by atoms with van der Waals surface area (Å²) in [5.41, 5.74) is 2.30. The SMILES string of the molecule is CCNC(=NCc1ccnn1C)NCC(C)N(C)c1ccccc1. The molecule has 2 aromatic rings. The van der Waals surface area contributed by atoms with Crippen LogP contribution in [0.2, 0.25) is 0 Å². The van der Waals surface area contributed by atoms with Gasteiger partial charge in [0, 0.05) is 45.1 Å². The molecule has 0 fully saturated rings. The summed E-state index contributed by atoms with van der Waals surface area (Å²) in [5.74, 6) is 0.826. The van der Waals surface area contributed by atoms with Crippen molar-refractivity contribution in [2.45, 2.75) is 26.4 Å². The molecule has 0 aliphatic heterocycles. The fourth-order valence-corrected chi connectivity index (χ4v) is 2.36. The van der Waals surface area contributed by atoms with Gasteiger partial charge in [-0.3, -0.25) is 4.68 Å². The molecule has 0 amide bonds. The lowest BCUT2D eigenvalue weighted by molar-refractivity contribution is 0.647. The van der Waals surface area contributed by atoms with E-state index >= 15 is 0 Å². The Kier molecular flexibility index (Phi) is 6.66. The number of aryl methyl sites for hydroxylation is 1. The van der Waals surface area contributed by atoms with Crippen molar-refractivity contribution in [3.8, 4) is 0 Å². The van der Waals surface area contributed by atoms with Crippen LogP contribution >= 0.6 is 0 Å². The number of hydrogen-bond donors (Lipinski definition) is 2. The topological polar surface area (TPSA) is 57.5 Å². The van der Waals surface area contributed by atoms with E-state index in [1.165, 1.54) is 5.69 Å². The molecule has 0 spiro atoms. The van der Waals surface area contributed by atoms with Crippen molar-refractivity contribution in [3.63, 3.8) is 0 Å². The van der Waals surface area contributed by atoms with Crippen LogP contribution in [0.5, 0.6) is 0 Å². The van der Waals surface area contributed by atoms with Crippen LogP contribution < -0.4 is 15.5 Å². The van der Waals surface area contributed by atoms with E-state index in [9.17, 15) is 0 Å². The second-order valence-corrected chi connectivity index (χ2v) is 5.82. The summed E-state index contributed by atoms with van der Waals surface area (Å²) >= 11 is 0. The molecule has 1 heterocycles. The van der Waals surface area contributed by atoms with E-state index in [0.717, 1.165) is 24.7 Å². The molecule has 2 rings (SSSR count). The van der Waals surface area contributed by atoms with Crippen LogP contribution in [0.4, 0.5) is 5.69 Å². The average Bonchev–Trinajstić information content (AvgIpc) is 3.02. The van der Waals surface area contributed by atoms with E-state index in [1.807, 2.05) is 23.9 Å². The Balaban J connectivity index is 1.91. The van der Waals surface area contributed by atoms with E-state index in [1.54, 1.807) is 6.20 Å². The summed E-state index contributed by atoms with van der Waals surface area (Å²) in [6.07, 6.45) is 1.79. The highest BCUT2D eigenvalue weighted by atomic mass is 15.3. The highest BCUT2D eigenvalue weighted by Crippen LogP contribution is 2.13. The molecule has 6 nitrogen and oxygen atoms in total. The molecule has 1 unspecified atom stereocenters. The van der Waals surface area contributed by atoms with Gasteiger partial charge in [-0.05, 0) is 32.0 Å². The second-order valence-electron chi connectivity index (χ2n) is 5.82. The molecule has 6 heteroatoms. The predicted octanol–water partition coefficient (Wildman–Crippen LogP) is 2.00. The van der Waals surface area contributed by atoms with E-state index < -0.39 is 0 Å². The van der Waals surface area contributed by atoms with Crippen molar-refractivity contribution in [2.75, 3.05) is 25.0 Å². The number of guanidine groups is 1. The molecule has 0 aliphatic rings. The molecule has 1 aromatic heterocycles. The number of rotatable bonds is 7. The first kappa shape index (κ1) is 17.8. The molecule has 0 saturated carbocycles. The number of likely N-dealkylation sites (N-methyl/N-ethyl adjacent to an activating group) is 1. The van der Waals surface area contributed by atoms with E-state index in [0.29, 0.717) is 12.6 Å². The lowest BCUT2D eigenvalue weighted by atomic mass is 10.2. The number of aromatic nitrogens is 2. The third-order valence-corrected chi connectivity index (χ3v) is 4.06. The number of anilines is 1. The molecule has 0 bridgehead atoms. The van der Waals surface area contributed by atoms with Gasteiger partial charge < -0.3 is 15.5 Å². The normalized spacial score (nSPS) is 12.8. The molecular formula is C18H28N6. The third-order valence-electron chi connectivity index (χ3n) is 4.06. The molecule has 0 radical (unpaired) electrons. The van der Waals surface area contributed by atoms with Crippen molar-refractivity contribution in [1.29, 1.82) is 0 Å². The standard InChI is InChI=1S/C18H28N6/c1-5-19-18(21-14-17-11-12-22-24(17)4)20-13-15(2)23(3)16-9-7-6-8-10-16/h6-12,15H,5,13-14H2,1-4H3,(H2,19,20,21). The molecule has 0 aliphatic carbocycles. The van der Waals surface area contributed by atoms with Gasteiger partial charge in [-0.2, -0.15) is 5.10 Å². The molecule has 1 atom stereocenters. The summed E-state index contributed by atoms with van der Waals surface area (Å²) < 4.78 is 1.85. The van der Waals surface area contributed by atoms with Crippen molar-refractivity contribution < 1.29 is 0 Å². The Labute approximate surface area is 144 Å². The van der Waals surface area contributed by atoms with Crippen LogP contribution in [0.1, 0.15) is 19.5 Å². The minimum atomic E-state index is 0.341. The Bertz CT molecular complexity index is 634. The van der Waals surface area contributed by atoms with Crippen LogP contribution in [-0.2, 0) is 13.6 Å². The Hall–Kier alpha value is -2.50. The maximum Gasteiger partial charge on any atom is 0.191 e. The summed E-state index contributed by atoms with van der Waals surface area (Å²) in [5, 5.41) is 10.9. The van der Waals surface area contributed by atoms with Crippen LogP contribution in [0.15, 0.2) is 47.6 Å². The largest absolute Gasteiger partial charge is 0.370 e. The highest BCUT2D eigenvalue weighted by Gasteiger charge is 2.10. The Morgan fingerprint density at radius 2 is 2.00 bits per heavy atom. The van der Waals surface area contributed by atoms with Gasteiger partial charge in [0.25, 0.3) is 0 Å². The van der Waals surface area contributed by atoms with E-state index in [-0.39, 0.29) is 0 Å². The number of hydrogen-bond acceptors (Lipinski definition) is 3. The quantitative estimate of drug-likeness (QED) is 0.603. The Morgan fingerprint density at radius 1 is 1.25 bits per heavy atom. The maximum atomic E-state index is 4.64. The molecular weight excluding hydrogens is 300 g/mol. The van der Waals surface area contributed by atoms with Crippen LogP contribution in [0, 0.1) is 0 Å². The summed E-state index contributed by atoms with van der Waals surface area (Å²) in [4.78, 5) is 6.90. The van der Waals surface area contributed by atoms with Gasteiger partial charge in [-0.25, -0.2) is 4.99 Å². The zero-order chi connectivity index (χ0) is 17.4. The van der Waals surface area contributed by atoms with Crippen LogP contribution in [0.25, 0.3) is 0 Å². The second kappa shape index (κ2) is 8.96. The number of benzene rings is 1. The van der Waals surface area contributed by atoms with Crippen LogP contribution in [-0.4, -0.2) is 41.9 Å². The van der Waals surface area contributed by atoms with Gasteiger partial charge in [-0.1, -0.05) is 18.2 Å². The maximum absolute atomic E-state index is 4.64. The fourth-order valence-electron chi connectivity index (χ4n) is 2.36. The first-order valence-corrected chi connectivity index (χ1v) is 8.38. The van der Waals surface area contributed by atoms with Crippen molar-refractivity contribution in [3.05, 3.63) is 48.3 Å². The number of aliphatic imine (C=N–C) groups is 1. The predicted molar refractivity (Wildman–Crippen MR) is 100 cm³/mol. The minimum Gasteiger partial charge on any atom is -0.370 e. The molecule has 2 N–H and O–H groups in total. The van der Waals surface area contributed by atoms with Crippen molar-refractivity contribution in [1.82, 2.24) is 20.4 Å². The monoisotopic (exact) mass is 328 g/mol. The number of para-hydroxylation sites is 1. The van der Waals surface area contributed by atoms with Gasteiger partial charge in [-0.15, -0.1) is 0 Å². The molecule has 1 aromatic carbocycles. The van der Waals surface area contributed by atoms with Gasteiger partial charge >= 0.3 is 0 Å². The lowest BCUT2D eigenvalue weighted by Gasteiger charge is -2.27. The van der Waals surface area contributed by atoms with Gasteiger partial charge in [0.1, 0.15) is 0 Å².